The number of H-pyrrole nitrogens is 1. The molecule has 2 aromatic carbocycles. The molecule has 0 spiro atoms. The molecule has 0 radical (unpaired) electrons. The first-order valence-corrected chi connectivity index (χ1v) is 9.23. The SMILES string of the molecule is CCOc1cc(/C=C(\Cl)c2nc3cc(OC)c(OC)cc3c(=O)[nH]2)ccc1OC. The standard InChI is InChI=1S/C21H21ClN2O5/c1-5-29-19-9-12(6-7-16(19)26-2)8-14(22)20-23-15-11-18(28-4)17(27-3)10-13(15)21(25)24-20/h6-11H,5H2,1-4H3,(H,23,24,25)/b14-8-. The minimum Gasteiger partial charge on any atom is -0.493 e. The van der Waals surface area contributed by atoms with Gasteiger partial charge in [-0.2, -0.15) is 0 Å². The molecule has 3 rings (SSSR count). The zero-order chi connectivity index (χ0) is 21.0. The number of fused-ring (bicyclic) bond motifs is 1. The van der Waals surface area contributed by atoms with Crippen molar-refractivity contribution in [2.24, 2.45) is 0 Å². The predicted octanol–water partition coefficient (Wildman–Crippen LogP) is 4.08. The van der Waals surface area contributed by atoms with E-state index in [2.05, 4.69) is 9.97 Å². The number of aromatic nitrogens is 2. The molecule has 0 saturated carbocycles. The first-order valence-electron chi connectivity index (χ1n) is 8.85. The lowest BCUT2D eigenvalue weighted by molar-refractivity contribution is 0.311. The van der Waals surface area contributed by atoms with E-state index in [-0.39, 0.29) is 16.4 Å². The van der Waals surface area contributed by atoms with E-state index in [1.165, 1.54) is 14.2 Å². The van der Waals surface area contributed by atoms with Crippen LogP contribution in [-0.4, -0.2) is 37.9 Å². The van der Waals surface area contributed by atoms with E-state index in [0.717, 1.165) is 5.56 Å². The summed E-state index contributed by atoms with van der Waals surface area (Å²) in [7, 11) is 4.60. The minimum absolute atomic E-state index is 0.241. The van der Waals surface area contributed by atoms with Crippen molar-refractivity contribution in [2.75, 3.05) is 27.9 Å². The fraction of sp³-hybridized carbons (Fsp3) is 0.238. The summed E-state index contributed by atoms with van der Waals surface area (Å²) < 4.78 is 21.4. The van der Waals surface area contributed by atoms with Gasteiger partial charge in [0.05, 0.1) is 43.9 Å². The molecule has 0 bridgehead atoms. The van der Waals surface area contributed by atoms with Crippen LogP contribution in [0.25, 0.3) is 22.0 Å². The third kappa shape index (κ3) is 4.30. The Labute approximate surface area is 172 Å². The molecule has 0 saturated heterocycles. The van der Waals surface area contributed by atoms with E-state index in [9.17, 15) is 4.79 Å². The summed E-state index contributed by atoms with van der Waals surface area (Å²) in [6.07, 6.45) is 1.69. The third-order valence-electron chi connectivity index (χ3n) is 4.22. The zero-order valence-electron chi connectivity index (χ0n) is 16.5. The van der Waals surface area contributed by atoms with Gasteiger partial charge in [0.25, 0.3) is 5.56 Å². The van der Waals surface area contributed by atoms with Gasteiger partial charge in [-0.25, -0.2) is 4.98 Å². The van der Waals surface area contributed by atoms with Crippen molar-refractivity contribution in [3.05, 3.63) is 52.1 Å². The van der Waals surface area contributed by atoms with Crippen LogP contribution in [0.4, 0.5) is 0 Å². The number of benzene rings is 2. The molecule has 0 atom stereocenters. The Morgan fingerprint density at radius 3 is 2.38 bits per heavy atom. The van der Waals surface area contributed by atoms with Crippen LogP contribution in [0.5, 0.6) is 23.0 Å². The summed E-state index contributed by atoms with van der Waals surface area (Å²) in [6, 6.07) is 8.64. The highest BCUT2D eigenvalue weighted by Crippen LogP contribution is 2.32. The second kappa shape index (κ2) is 8.87. The summed E-state index contributed by atoms with van der Waals surface area (Å²) in [5, 5.41) is 0.644. The van der Waals surface area contributed by atoms with Crippen molar-refractivity contribution in [3.63, 3.8) is 0 Å². The Hall–Kier alpha value is -3.19. The van der Waals surface area contributed by atoms with Crippen molar-refractivity contribution >= 4 is 33.6 Å². The van der Waals surface area contributed by atoms with Crippen LogP contribution < -0.4 is 24.5 Å². The molecule has 7 nitrogen and oxygen atoms in total. The van der Waals surface area contributed by atoms with Crippen LogP contribution in [0.1, 0.15) is 18.3 Å². The fourth-order valence-corrected chi connectivity index (χ4v) is 3.06. The van der Waals surface area contributed by atoms with E-state index in [0.29, 0.717) is 40.5 Å². The average molecular weight is 417 g/mol. The number of nitrogens with zero attached hydrogens (tertiary/aromatic N) is 1. The summed E-state index contributed by atoms with van der Waals surface area (Å²) in [4.78, 5) is 19.7. The van der Waals surface area contributed by atoms with Crippen molar-refractivity contribution in [1.29, 1.82) is 0 Å². The molecule has 0 aliphatic rings. The van der Waals surface area contributed by atoms with Gasteiger partial charge in [-0.15, -0.1) is 0 Å². The van der Waals surface area contributed by atoms with Crippen LogP contribution >= 0.6 is 11.6 Å². The first kappa shape index (κ1) is 20.5. The molecule has 1 heterocycles. The Bertz CT molecular complexity index is 1120. The highest BCUT2D eigenvalue weighted by molar-refractivity contribution is 6.50. The van der Waals surface area contributed by atoms with Gasteiger partial charge < -0.3 is 23.9 Å². The number of ether oxygens (including phenoxy) is 4. The van der Waals surface area contributed by atoms with Crippen LogP contribution in [0.3, 0.4) is 0 Å². The van der Waals surface area contributed by atoms with Gasteiger partial charge in [0.15, 0.2) is 28.8 Å². The first-order chi connectivity index (χ1) is 14.0. The maximum absolute atomic E-state index is 12.5. The Morgan fingerprint density at radius 2 is 1.72 bits per heavy atom. The largest absolute Gasteiger partial charge is 0.493 e. The van der Waals surface area contributed by atoms with Crippen molar-refractivity contribution < 1.29 is 18.9 Å². The molecule has 29 heavy (non-hydrogen) atoms. The van der Waals surface area contributed by atoms with Gasteiger partial charge in [0.2, 0.25) is 0 Å². The van der Waals surface area contributed by atoms with E-state index < -0.39 is 0 Å². The van der Waals surface area contributed by atoms with Gasteiger partial charge in [-0.3, -0.25) is 4.79 Å². The van der Waals surface area contributed by atoms with E-state index in [1.807, 2.05) is 13.0 Å². The number of methoxy groups -OCH3 is 3. The molecule has 0 fully saturated rings. The minimum atomic E-state index is -0.331. The lowest BCUT2D eigenvalue weighted by atomic mass is 10.1. The average Bonchev–Trinajstić information content (AvgIpc) is 2.73. The van der Waals surface area contributed by atoms with Crippen LogP contribution in [0.15, 0.2) is 35.1 Å². The summed E-state index contributed by atoms with van der Waals surface area (Å²) in [5.41, 5.74) is 0.884. The zero-order valence-corrected chi connectivity index (χ0v) is 17.3. The van der Waals surface area contributed by atoms with Crippen molar-refractivity contribution in [3.8, 4) is 23.0 Å². The maximum Gasteiger partial charge on any atom is 0.259 e. The molecule has 0 aliphatic heterocycles. The van der Waals surface area contributed by atoms with E-state index in [1.54, 1.807) is 37.5 Å². The van der Waals surface area contributed by atoms with E-state index in [4.69, 9.17) is 30.5 Å². The normalized spacial score (nSPS) is 11.4. The summed E-state index contributed by atoms with van der Waals surface area (Å²) in [5.74, 6) is 2.39. The Morgan fingerprint density at radius 1 is 1.03 bits per heavy atom. The lowest BCUT2D eigenvalue weighted by Gasteiger charge is -2.10. The molecule has 0 amide bonds. The van der Waals surface area contributed by atoms with Crippen LogP contribution in [0.2, 0.25) is 0 Å². The molecule has 3 aromatic rings. The van der Waals surface area contributed by atoms with Gasteiger partial charge >= 0.3 is 0 Å². The molecule has 0 aliphatic carbocycles. The van der Waals surface area contributed by atoms with Crippen LogP contribution in [-0.2, 0) is 0 Å². The van der Waals surface area contributed by atoms with Crippen LogP contribution in [0, 0.1) is 0 Å². The van der Waals surface area contributed by atoms with Crippen molar-refractivity contribution in [2.45, 2.75) is 6.92 Å². The summed E-state index contributed by atoms with van der Waals surface area (Å²) in [6.45, 7) is 2.39. The smallest absolute Gasteiger partial charge is 0.259 e. The second-order valence-corrected chi connectivity index (χ2v) is 6.38. The number of nitrogens with one attached hydrogen (secondary N) is 1. The quantitative estimate of drug-likeness (QED) is 0.624. The topological polar surface area (TPSA) is 82.7 Å². The van der Waals surface area contributed by atoms with Gasteiger partial charge in [0, 0.05) is 6.07 Å². The lowest BCUT2D eigenvalue weighted by Crippen LogP contribution is -2.11. The highest BCUT2D eigenvalue weighted by atomic mass is 35.5. The predicted molar refractivity (Wildman–Crippen MR) is 113 cm³/mol. The van der Waals surface area contributed by atoms with Gasteiger partial charge in [0.1, 0.15) is 0 Å². The molecule has 0 unspecified atom stereocenters. The Balaban J connectivity index is 2.05. The molecular formula is C21H21ClN2O5. The molecular weight excluding hydrogens is 396 g/mol. The molecule has 1 N–H and O–H groups in total. The van der Waals surface area contributed by atoms with Gasteiger partial charge in [-0.1, -0.05) is 17.7 Å². The molecule has 8 heteroatoms. The molecule has 1 aromatic heterocycles. The number of aromatic amines is 1. The van der Waals surface area contributed by atoms with E-state index >= 15 is 0 Å². The van der Waals surface area contributed by atoms with Gasteiger partial charge in [-0.05, 0) is 36.8 Å². The number of hydrogen-bond donors (Lipinski definition) is 1. The number of hydrogen-bond acceptors (Lipinski definition) is 6. The third-order valence-corrected chi connectivity index (χ3v) is 4.51. The maximum atomic E-state index is 12.5. The molecule has 152 valence electrons. The second-order valence-electron chi connectivity index (χ2n) is 5.97. The van der Waals surface area contributed by atoms with Crippen molar-refractivity contribution in [1.82, 2.24) is 9.97 Å². The summed E-state index contributed by atoms with van der Waals surface area (Å²) >= 11 is 6.45. The number of halogens is 1. The Kier molecular flexibility index (Phi) is 6.29. The highest BCUT2D eigenvalue weighted by Gasteiger charge is 2.13. The monoisotopic (exact) mass is 416 g/mol. The number of rotatable bonds is 7. The fourth-order valence-electron chi connectivity index (χ4n) is 2.85.